The summed E-state index contributed by atoms with van der Waals surface area (Å²) in [5.74, 6) is 13.0. The fourth-order valence-corrected chi connectivity index (χ4v) is 3.97. The van der Waals surface area contributed by atoms with Crippen molar-refractivity contribution in [3.8, 4) is 23.7 Å². The van der Waals surface area contributed by atoms with Gasteiger partial charge in [-0.3, -0.25) is 0 Å². The molecule has 0 amide bonds. The summed E-state index contributed by atoms with van der Waals surface area (Å²) in [6.07, 6.45) is 6.45. The zero-order chi connectivity index (χ0) is 18.7. The molecule has 1 aliphatic heterocycles. The van der Waals surface area contributed by atoms with Crippen LogP contribution in [0.25, 0.3) is 10.1 Å². The zero-order valence-corrected chi connectivity index (χ0v) is 16.4. The third kappa shape index (κ3) is 6.09. The van der Waals surface area contributed by atoms with E-state index in [4.69, 9.17) is 14.6 Å². The van der Waals surface area contributed by atoms with Gasteiger partial charge >= 0.3 is 0 Å². The zero-order valence-electron chi connectivity index (χ0n) is 15.6. The van der Waals surface area contributed by atoms with Crippen LogP contribution in [0.3, 0.4) is 0 Å². The number of ether oxygens (including phenoxy) is 2. The first-order valence-corrected chi connectivity index (χ1v) is 10.5. The van der Waals surface area contributed by atoms with Gasteiger partial charge in [-0.1, -0.05) is 41.9 Å². The Morgan fingerprint density at radius 1 is 1.11 bits per heavy atom. The lowest BCUT2D eigenvalue weighted by molar-refractivity contribution is -0.162. The summed E-state index contributed by atoms with van der Waals surface area (Å²) in [6.45, 7) is 1.69. The van der Waals surface area contributed by atoms with E-state index in [1.54, 1.807) is 11.3 Å². The normalized spacial score (nSPS) is 16.4. The second-order valence-corrected chi connectivity index (χ2v) is 7.56. The Bertz CT molecular complexity index is 841. The summed E-state index contributed by atoms with van der Waals surface area (Å²) < 4.78 is 12.5. The second kappa shape index (κ2) is 11.1. The first-order chi connectivity index (χ1) is 13.4. The Kier molecular flexibility index (Phi) is 8.21. The number of rotatable bonds is 6. The molecular formula is C23H26O3S. The van der Waals surface area contributed by atoms with E-state index in [9.17, 15) is 0 Å². The highest BCUT2D eigenvalue weighted by atomic mass is 32.1. The molecule has 1 fully saturated rings. The fourth-order valence-electron chi connectivity index (χ4n) is 2.94. The van der Waals surface area contributed by atoms with E-state index in [0.29, 0.717) is 19.4 Å². The molecule has 0 bridgehead atoms. The molecule has 2 aromatic rings. The number of aliphatic hydroxyl groups is 1. The van der Waals surface area contributed by atoms with Gasteiger partial charge in [-0.25, -0.2) is 0 Å². The molecule has 3 nitrogen and oxygen atoms in total. The number of thiophene rings is 1. The van der Waals surface area contributed by atoms with E-state index in [0.717, 1.165) is 42.7 Å². The molecule has 1 unspecified atom stereocenters. The van der Waals surface area contributed by atoms with Crippen LogP contribution < -0.4 is 0 Å². The van der Waals surface area contributed by atoms with E-state index in [1.807, 2.05) is 12.1 Å². The van der Waals surface area contributed by atoms with E-state index in [-0.39, 0.29) is 12.9 Å². The maximum Gasteiger partial charge on any atom is 0.157 e. The van der Waals surface area contributed by atoms with E-state index >= 15 is 0 Å². The number of hydrogen-bond acceptors (Lipinski definition) is 4. The van der Waals surface area contributed by atoms with Crippen molar-refractivity contribution in [2.24, 2.45) is 0 Å². The molecule has 1 aromatic carbocycles. The average molecular weight is 383 g/mol. The Morgan fingerprint density at radius 2 is 1.96 bits per heavy atom. The monoisotopic (exact) mass is 382 g/mol. The highest BCUT2D eigenvalue weighted by molar-refractivity contribution is 7.19. The van der Waals surface area contributed by atoms with E-state index in [1.165, 1.54) is 16.5 Å². The van der Waals surface area contributed by atoms with Gasteiger partial charge in [-0.05, 0) is 38.2 Å². The molecule has 2 heterocycles. The lowest BCUT2D eigenvalue weighted by atomic mass is 10.1. The third-order valence-electron chi connectivity index (χ3n) is 4.36. The Balaban J connectivity index is 1.59. The van der Waals surface area contributed by atoms with Gasteiger partial charge in [0.05, 0.1) is 17.0 Å². The topological polar surface area (TPSA) is 38.7 Å². The molecule has 0 saturated carbocycles. The van der Waals surface area contributed by atoms with Gasteiger partial charge in [0, 0.05) is 36.1 Å². The van der Waals surface area contributed by atoms with Crippen LogP contribution in [0.4, 0.5) is 0 Å². The Morgan fingerprint density at radius 3 is 2.81 bits per heavy atom. The highest BCUT2D eigenvalue weighted by Crippen LogP contribution is 2.30. The Hall–Kier alpha value is -1.82. The van der Waals surface area contributed by atoms with Crippen molar-refractivity contribution in [1.82, 2.24) is 0 Å². The standard InChI is InChI=1S/C23H26O3S/c24-16-8-1-4-13-21-19(20-12-5-6-14-22(20)27-21)11-3-2-9-17-25-23-15-7-10-18-26-23/h5-6,12,14,23-24H,1-2,7-10,15-18H2. The van der Waals surface area contributed by atoms with Crippen LogP contribution in [0.15, 0.2) is 24.3 Å². The predicted molar refractivity (Wildman–Crippen MR) is 111 cm³/mol. The number of fused-ring (bicyclic) bond motifs is 1. The summed E-state index contributed by atoms with van der Waals surface area (Å²) in [7, 11) is 0. The number of aliphatic hydroxyl groups excluding tert-OH is 1. The van der Waals surface area contributed by atoms with E-state index < -0.39 is 0 Å². The van der Waals surface area contributed by atoms with Crippen LogP contribution in [-0.2, 0) is 9.47 Å². The van der Waals surface area contributed by atoms with Gasteiger partial charge in [-0.15, -0.1) is 11.3 Å². The quantitative estimate of drug-likeness (QED) is 0.581. The first kappa shape index (κ1) is 19.9. The van der Waals surface area contributed by atoms with Crippen LogP contribution in [0.2, 0.25) is 0 Å². The summed E-state index contributed by atoms with van der Waals surface area (Å²) in [5, 5.41) is 10.1. The number of benzene rings is 1. The molecule has 3 rings (SSSR count). The predicted octanol–water partition coefficient (Wildman–Crippen LogP) is 4.70. The molecule has 0 radical (unpaired) electrons. The lowest BCUT2D eigenvalue weighted by Crippen LogP contribution is -2.22. The van der Waals surface area contributed by atoms with Crippen molar-refractivity contribution in [3.63, 3.8) is 0 Å². The van der Waals surface area contributed by atoms with Crippen LogP contribution in [0, 0.1) is 23.7 Å². The molecule has 1 N–H and O–H groups in total. The largest absolute Gasteiger partial charge is 0.396 e. The molecular weight excluding hydrogens is 356 g/mol. The minimum atomic E-state index is -0.0201. The maximum absolute atomic E-state index is 8.90. The fraction of sp³-hybridized carbons (Fsp3) is 0.478. The van der Waals surface area contributed by atoms with Crippen molar-refractivity contribution in [2.45, 2.75) is 51.2 Å². The second-order valence-electron chi connectivity index (χ2n) is 6.50. The highest BCUT2D eigenvalue weighted by Gasteiger charge is 2.13. The number of unbranched alkanes of at least 4 members (excludes halogenated alkanes) is 2. The van der Waals surface area contributed by atoms with Gasteiger partial charge in [0.25, 0.3) is 0 Å². The van der Waals surface area contributed by atoms with E-state index in [2.05, 4.69) is 35.8 Å². The van der Waals surface area contributed by atoms with Crippen molar-refractivity contribution < 1.29 is 14.6 Å². The molecule has 1 aliphatic rings. The van der Waals surface area contributed by atoms with Gasteiger partial charge in [0.2, 0.25) is 0 Å². The maximum atomic E-state index is 8.90. The average Bonchev–Trinajstić information content (AvgIpc) is 3.06. The molecule has 1 atom stereocenters. The van der Waals surface area contributed by atoms with Crippen molar-refractivity contribution in [2.75, 3.05) is 19.8 Å². The van der Waals surface area contributed by atoms with Gasteiger partial charge in [-0.2, -0.15) is 0 Å². The molecule has 4 heteroatoms. The number of hydrogen-bond donors (Lipinski definition) is 1. The van der Waals surface area contributed by atoms with Crippen molar-refractivity contribution in [1.29, 1.82) is 0 Å². The van der Waals surface area contributed by atoms with Gasteiger partial charge in [0.1, 0.15) is 0 Å². The molecule has 0 spiro atoms. The van der Waals surface area contributed by atoms with Crippen LogP contribution >= 0.6 is 11.3 Å². The molecule has 1 saturated heterocycles. The first-order valence-electron chi connectivity index (χ1n) is 9.72. The van der Waals surface area contributed by atoms with Crippen molar-refractivity contribution >= 4 is 21.4 Å². The SMILES string of the molecule is OCCCC#Cc1sc2ccccc2c1C#CCCCOC1CCCCO1. The minimum Gasteiger partial charge on any atom is -0.396 e. The molecule has 1 aromatic heterocycles. The van der Waals surface area contributed by atoms with Gasteiger partial charge < -0.3 is 14.6 Å². The van der Waals surface area contributed by atoms with Crippen LogP contribution in [0.5, 0.6) is 0 Å². The van der Waals surface area contributed by atoms with Crippen LogP contribution in [0.1, 0.15) is 55.4 Å². The smallest absolute Gasteiger partial charge is 0.157 e. The minimum absolute atomic E-state index is 0.0201. The van der Waals surface area contributed by atoms with Crippen molar-refractivity contribution in [3.05, 3.63) is 34.7 Å². The summed E-state index contributed by atoms with van der Waals surface area (Å²) >= 11 is 1.69. The Labute approximate surface area is 165 Å². The molecule has 27 heavy (non-hydrogen) atoms. The lowest BCUT2D eigenvalue weighted by Gasteiger charge is -2.22. The third-order valence-corrected chi connectivity index (χ3v) is 5.44. The molecule has 142 valence electrons. The summed E-state index contributed by atoms with van der Waals surface area (Å²) in [4.78, 5) is 1.02. The van der Waals surface area contributed by atoms with Crippen LogP contribution in [-0.4, -0.2) is 31.2 Å². The summed E-state index contributed by atoms with van der Waals surface area (Å²) in [5.41, 5.74) is 1.03. The molecule has 0 aliphatic carbocycles. The van der Waals surface area contributed by atoms with Gasteiger partial charge in [0.15, 0.2) is 6.29 Å². The summed E-state index contributed by atoms with van der Waals surface area (Å²) in [6, 6.07) is 8.31.